The number of hydrogen-bond acceptors (Lipinski definition) is 4. The maximum Gasteiger partial charge on any atom is 0.303 e. The second-order valence-electron chi connectivity index (χ2n) is 3.70. The molecule has 17 heavy (non-hydrogen) atoms. The van der Waals surface area contributed by atoms with E-state index in [0.29, 0.717) is 0 Å². The number of sulfonamides is 1. The summed E-state index contributed by atoms with van der Waals surface area (Å²) in [7, 11) is -0.462. The second kappa shape index (κ2) is 7.23. The molecule has 1 amide bonds. The molecule has 0 rings (SSSR count). The Hall–Kier alpha value is -1.15. The molecule has 0 bridgehead atoms. The fourth-order valence-corrected chi connectivity index (χ4v) is 1.72. The molecule has 0 radical (unpaired) electrons. The van der Waals surface area contributed by atoms with Gasteiger partial charge in [-0.1, -0.05) is 0 Å². The molecule has 8 heteroatoms. The van der Waals surface area contributed by atoms with Crippen LogP contribution in [0.25, 0.3) is 0 Å². The van der Waals surface area contributed by atoms with Gasteiger partial charge in [0, 0.05) is 33.5 Å². The summed E-state index contributed by atoms with van der Waals surface area (Å²) in [5.74, 6) is -1.45. The van der Waals surface area contributed by atoms with Crippen LogP contribution in [0.5, 0.6) is 0 Å². The van der Waals surface area contributed by atoms with Crippen molar-refractivity contribution in [2.45, 2.75) is 19.3 Å². The fraction of sp³-hybridized carbons (Fsp3) is 0.778. The molecule has 0 aliphatic rings. The van der Waals surface area contributed by atoms with E-state index in [-0.39, 0.29) is 37.5 Å². The molecule has 2 N–H and O–H groups in total. The summed E-state index contributed by atoms with van der Waals surface area (Å²) in [6.45, 7) is 0.0341. The Morgan fingerprint density at radius 3 is 2.29 bits per heavy atom. The van der Waals surface area contributed by atoms with Gasteiger partial charge < -0.3 is 10.4 Å². The monoisotopic (exact) mass is 266 g/mol. The number of hydrogen-bond donors (Lipinski definition) is 2. The van der Waals surface area contributed by atoms with Crippen molar-refractivity contribution < 1.29 is 23.1 Å². The molecule has 0 aliphatic heterocycles. The van der Waals surface area contributed by atoms with Crippen LogP contribution >= 0.6 is 0 Å². The molecule has 0 aromatic carbocycles. The van der Waals surface area contributed by atoms with Crippen LogP contribution in [-0.2, 0) is 19.6 Å². The molecule has 0 saturated carbocycles. The highest BCUT2D eigenvalue weighted by Crippen LogP contribution is 1.96. The molecule has 0 aromatic heterocycles. The third-order valence-corrected chi connectivity index (χ3v) is 3.87. The van der Waals surface area contributed by atoms with E-state index in [0.717, 1.165) is 4.31 Å². The smallest absolute Gasteiger partial charge is 0.303 e. The zero-order valence-corrected chi connectivity index (χ0v) is 10.8. The van der Waals surface area contributed by atoms with E-state index in [1.54, 1.807) is 0 Å². The predicted molar refractivity (Wildman–Crippen MR) is 62.0 cm³/mol. The number of rotatable bonds is 8. The standard InChI is InChI=1S/C9H18N2O5S/c1-11(2)17(15,16)7-6-10-8(12)4-3-5-9(13)14/h3-7H2,1-2H3,(H,10,12)(H,13,14). The molecule has 100 valence electrons. The molecule has 0 aromatic rings. The van der Waals surface area contributed by atoms with Crippen LogP contribution in [0, 0.1) is 0 Å². The molecule has 0 heterocycles. The van der Waals surface area contributed by atoms with Gasteiger partial charge in [-0.3, -0.25) is 9.59 Å². The van der Waals surface area contributed by atoms with Crippen LogP contribution in [0.15, 0.2) is 0 Å². The van der Waals surface area contributed by atoms with Crippen LogP contribution in [-0.4, -0.2) is 56.1 Å². The molecule has 0 spiro atoms. The van der Waals surface area contributed by atoms with Gasteiger partial charge >= 0.3 is 5.97 Å². The minimum Gasteiger partial charge on any atom is -0.481 e. The average molecular weight is 266 g/mol. The highest BCUT2D eigenvalue weighted by molar-refractivity contribution is 7.89. The van der Waals surface area contributed by atoms with E-state index in [9.17, 15) is 18.0 Å². The van der Waals surface area contributed by atoms with Gasteiger partial charge in [0.2, 0.25) is 15.9 Å². The molecule has 7 nitrogen and oxygen atoms in total. The molecule has 0 aliphatic carbocycles. The van der Waals surface area contributed by atoms with Crippen LogP contribution in [0.4, 0.5) is 0 Å². The maximum absolute atomic E-state index is 11.3. The van der Waals surface area contributed by atoms with Gasteiger partial charge in [0.15, 0.2) is 0 Å². The van der Waals surface area contributed by atoms with E-state index in [1.807, 2.05) is 0 Å². The molecule has 0 unspecified atom stereocenters. The third kappa shape index (κ3) is 7.70. The van der Waals surface area contributed by atoms with E-state index in [1.165, 1.54) is 14.1 Å². The quantitative estimate of drug-likeness (QED) is 0.601. The number of carbonyl (C=O) groups excluding carboxylic acids is 1. The summed E-state index contributed by atoms with van der Waals surface area (Å²) < 4.78 is 23.7. The van der Waals surface area contributed by atoms with Gasteiger partial charge in [0.05, 0.1) is 5.75 Å². The van der Waals surface area contributed by atoms with E-state index < -0.39 is 16.0 Å². The number of nitrogens with one attached hydrogen (secondary N) is 1. The number of carboxylic acid groups (broad SMARTS) is 1. The largest absolute Gasteiger partial charge is 0.481 e. The number of carboxylic acids is 1. The van der Waals surface area contributed by atoms with Crippen molar-refractivity contribution in [1.29, 1.82) is 0 Å². The summed E-state index contributed by atoms with van der Waals surface area (Å²) in [5.41, 5.74) is 0. The van der Waals surface area contributed by atoms with E-state index in [4.69, 9.17) is 5.11 Å². The van der Waals surface area contributed by atoms with Crippen LogP contribution in [0.3, 0.4) is 0 Å². The van der Waals surface area contributed by atoms with Crippen LogP contribution in [0.1, 0.15) is 19.3 Å². The first-order chi connectivity index (χ1) is 7.75. The number of carbonyl (C=O) groups is 2. The molecular formula is C9H18N2O5S. The van der Waals surface area contributed by atoms with Gasteiger partial charge in [-0.2, -0.15) is 0 Å². The van der Waals surface area contributed by atoms with Crippen molar-refractivity contribution in [1.82, 2.24) is 9.62 Å². The lowest BCUT2D eigenvalue weighted by Gasteiger charge is -2.11. The lowest BCUT2D eigenvalue weighted by Crippen LogP contribution is -2.33. The Morgan fingerprint density at radius 2 is 1.82 bits per heavy atom. The summed E-state index contributed by atoms with van der Waals surface area (Å²) in [5, 5.41) is 10.8. The SMILES string of the molecule is CN(C)S(=O)(=O)CCNC(=O)CCCC(=O)O. The lowest BCUT2D eigenvalue weighted by molar-refractivity contribution is -0.137. The second-order valence-corrected chi connectivity index (χ2v) is 6.00. The Balaban J connectivity index is 3.76. The Morgan fingerprint density at radius 1 is 1.24 bits per heavy atom. The van der Waals surface area contributed by atoms with Gasteiger partial charge in [0.25, 0.3) is 0 Å². The van der Waals surface area contributed by atoms with E-state index in [2.05, 4.69) is 5.32 Å². The highest BCUT2D eigenvalue weighted by Gasteiger charge is 2.13. The summed E-state index contributed by atoms with van der Waals surface area (Å²) in [6, 6.07) is 0. The maximum atomic E-state index is 11.3. The number of aliphatic carboxylic acids is 1. The molecule has 0 atom stereocenters. The topological polar surface area (TPSA) is 104 Å². The van der Waals surface area contributed by atoms with Gasteiger partial charge in [-0.25, -0.2) is 12.7 Å². The summed E-state index contributed by atoms with van der Waals surface area (Å²) in [4.78, 5) is 21.4. The van der Waals surface area contributed by atoms with Crippen molar-refractivity contribution in [2.75, 3.05) is 26.4 Å². The first kappa shape index (κ1) is 15.9. The van der Waals surface area contributed by atoms with Crippen molar-refractivity contribution >= 4 is 21.9 Å². The Bertz CT molecular complexity index is 364. The van der Waals surface area contributed by atoms with Gasteiger partial charge in [-0.05, 0) is 6.42 Å². The lowest BCUT2D eigenvalue weighted by atomic mass is 10.2. The van der Waals surface area contributed by atoms with E-state index >= 15 is 0 Å². The van der Waals surface area contributed by atoms with Crippen molar-refractivity contribution in [3.8, 4) is 0 Å². The number of nitrogens with zero attached hydrogens (tertiary/aromatic N) is 1. The predicted octanol–water partition coefficient (Wildman–Crippen LogP) is -0.751. The van der Waals surface area contributed by atoms with Crippen LogP contribution in [0.2, 0.25) is 0 Å². The van der Waals surface area contributed by atoms with Crippen molar-refractivity contribution in [2.24, 2.45) is 0 Å². The van der Waals surface area contributed by atoms with Gasteiger partial charge in [0.1, 0.15) is 0 Å². The number of amides is 1. The fourth-order valence-electron chi connectivity index (χ4n) is 0.991. The normalized spacial score (nSPS) is 11.5. The van der Waals surface area contributed by atoms with Crippen molar-refractivity contribution in [3.05, 3.63) is 0 Å². The highest BCUT2D eigenvalue weighted by atomic mass is 32.2. The minimum atomic E-state index is -3.30. The zero-order valence-electron chi connectivity index (χ0n) is 9.97. The third-order valence-electron chi connectivity index (χ3n) is 2.03. The summed E-state index contributed by atoms with van der Waals surface area (Å²) in [6.07, 6.45) is 0.277. The minimum absolute atomic E-state index is 0.0341. The Labute approximate surface area is 101 Å². The summed E-state index contributed by atoms with van der Waals surface area (Å²) >= 11 is 0. The first-order valence-corrected chi connectivity index (χ1v) is 6.75. The first-order valence-electron chi connectivity index (χ1n) is 5.14. The Kier molecular flexibility index (Phi) is 6.74. The van der Waals surface area contributed by atoms with Crippen LogP contribution < -0.4 is 5.32 Å². The molecule has 0 saturated heterocycles. The molecular weight excluding hydrogens is 248 g/mol. The van der Waals surface area contributed by atoms with Crippen molar-refractivity contribution in [3.63, 3.8) is 0 Å². The average Bonchev–Trinajstić information content (AvgIpc) is 2.16. The molecule has 0 fully saturated rings. The zero-order chi connectivity index (χ0) is 13.5. The van der Waals surface area contributed by atoms with Gasteiger partial charge in [-0.15, -0.1) is 0 Å².